The van der Waals surface area contributed by atoms with Crippen molar-refractivity contribution in [3.8, 4) is 16.9 Å². The number of anilines is 2. The molecule has 0 spiro atoms. The molecule has 3 aromatic heterocycles. The van der Waals surface area contributed by atoms with Crippen molar-refractivity contribution in [3.05, 3.63) is 99.8 Å². The molecule has 5 aromatic rings. The highest BCUT2D eigenvalue weighted by Crippen LogP contribution is 2.50. The van der Waals surface area contributed by atoms with Crippen molar-refractivity contribution >= 4 is 50.8 Å². The lowest BCUT2D eigenvalue weighted by molar-refractivity contribution is -0.0922. The molecule has 1 saturated carbocycles. The number of aromatic amines is 1. The molecule has 2 unspecified atom stereocenters. The summed E-state index contributed by atoms with van der Waals surface area (Å²) in [6, 6.07) is 14.6. The van der Waals surface area contributed by atoms with Crippen LogP contribution in [0.5, 0.6) is 0 Å². The number of halogens is 1. The fourth-order valence-corrected chi connectivity index (χ4v) is 8.61. The van der Waals surface area contributed by atoms with E-state index in [1.165, 1.54) is 29.2 Å². The minimum atomic E-state index is -4.51. The fraction of sp³-hybridized carbons (Fsp3) is 0.385. The molecule has 0 aliphatic heterocycles. The van der Waals surface area contributed by atoms with Crippen LogP contribution in [0, 0.1) is 28.6 Å². The maximum absolute atomic E-state index is 15.0. The number of imidazole rings is 1. The van der Waals surface area contributed by atoms with Gasteiger partial charge >= 0.3 is 16.2 Å². The number of aromatic nitrogens is 4. The van der Waals surface area contributed by atoms with Crippen LogP contribution in [0.3, 0.4) is 0 Å². The molecule has 1 aliphatic carbocycles. The summed E-state index contributed by atoms with van der Waals surface area (Å²) < 4.78 is 39.4. The number of para-hydroxylation sites is 1. The summed E-state index contributed by atoms with van der Waals surface area (Å²) in [6.07, 6.45) is 5.75. The molecule has 1 aliphatic rings. The van der Waals surface area contributed by atoms with E-state index in [2.05, 4.69) is 63.2 Å². The first kappa shape index (κ1) is 38.6. The number of carbonyl (C=O) groups excluding carboxylic acids is 2. The number of benzene rings is 2. The van der Waals surface area contributed by atoms with Crippen molar-refractivity contribution in [3.63, 3.8) is 0 Å². The number of carbonyl (C=O) groups is 2. The molecule has 2 aromatic carbocycles. The van der Waals surface area contributed by atoms with Gasteiger partial charge in [0.2, 0.25) is 0 Å². The van der Waals surface area contributed by atoms with E-state index in [0.717, 1.165) is 17.2 Å². The highest BCUT2D eigenvalue weighted by molar-refractivity contribution is 7.91. The Kier molecular flexibility index (Phi) is 10.2. The predicted molar refractivity (Wildman–Crippen MR) is 210 cm³/mol. The average molecular weight is 776 g/mol. The average Bonchev–Trinajstić information content (AvgIpc) is 3.71. The summed E-state index contributed by atoms with van der Waals surface area (Å²) in [4.78, 5) is 50.3. The van der Waals surface area contributed by atoms with Crippen LogP contribution >= 0.6 is 11.6 Å². The molecular formula is C39H46ClN7O6S. The standard InChI is InChI=1S/C39H46ClN7O6S/c1-22-19-26(38(2,3)4)31(27(20-22)39(5,6)7)53-37(50)29-28(23-13-15-24(40)16-14-23)35(46-18-17-42-21-46)47-33(29)43-32(41)30(36(47)49)34(48)45-54(51,52)44-25-11-9-8-10-12-25/h8-18,21-22,26-27,31,43-44H,19-20,41H2,1-7H3,(H,45,48). The smallest absolute Gasteiger partial charge is 0.342 e. The quantitative estimate of drug-likeness (QED) is 0.121. The molecule has 1 fully saturated rings. The van der Waals surface area contributed by atoms with Gasteiger partial charge in [-0.25, -0.2) is 18.9 Å². The number of amides is 1. The number of ether oxygens (including phenoxy) is 1. The summed E-state index contributed by atoms with van der Waals surface area (Å²) >= 11 is 6.30. The minimum Gasteiger partial charge on any atom is -0.458 e. The summed E-state index contributed by atoms with van der Waals surface area (Å²) in [5.41, 5.74) is 5.21. The number of nitrogen functional groups attached to an aromatic ring is 1. The van der Waals surface area contributed by atoms with Crippen LogP contribution in [0.4, 0.5) is 11.5 Å². The second kappa shape index (κ2) is 14.3. The van der Waals surface area contributed by atoms with E-state index < -0.39 is 45.1 Å². The van der Waals surface area contributed by atoms with Crippen molar-refractivity contribution < 1.29 is 22.7 Å². The van der Waals surface area contributed by atoms with Crippen molar-refractivity contribution in [2.45, 2.75) is 67.4 Å². The van der Waals surface area contributed by atoms with Gasteiger partial charge in [0.05, 0.1) is 5.69 Å². The van der Waals surface area contributed by atoms with E-state index in [-0.39, 0.29) is 50.9 Å². The van der Waals surface area contributed by atoms with E-state index in [9.17, 15) is 22.8 Å². The number of hydrogen-bond donors (Lipinski definition) is 4. The summed E-state index contributed by atoms with van der Waals surface area (Å²) in [5, 5.41) is 0.442. The zero-order chi connectivity index (χ0) is 39.3. The van der Waals surface area contributed by atoms with E-state index in [4.69, 9.17) is 22.1 Å². The lowest BCUT2D eigenvalue weighted by atomic mass is 9.59. The maximum atomic E-state index is 15.0. The zero-order valence-electron chi connectivity index (χ0n) is 31.3. The molecule has 54 heavy (non-hydrogen) atoms. The largest absolute Gasteiger partial charge is 0.458 e. The number of fused-ring (bicyclic) bond motifs is 1. The third-order valence-corrected chi connectivity index (χ3v) is 11.4. The summed E-state index contributed by atoms with van der Waals surface area (Å²) in [7, 11) is -4.51. The molecular weight excluding hydrogens is 730 g/mol. The number of esters is 1. The van der Waals surface area contributed by atoms with Gasteiger partial charge in [-0.3, -0.25) is 18.9 Å². The molecule has 0 bridgehead atoms. The Morgan fingerprint density at radius 2 is 1.57 bits per heavy atom. The molecule has 5 N–H and O–H groups in total. The number of nitrogens with two attached hydrogens (primary N) is 1. The molecule has 13 nitrogen and oxygen atoms in total. The zero-order valence-corrected chi connectivity index (χ0v) is 32.9. The lowest BCUT2D eigenvalue weighted by Crippen LogP contribution is -2.49. The Balaban J connectivity index is 1.57. The minimum absolute atomic E-state index is 0.00548. The third-order valence-electron chi connectivity index (χ3n) is 10.2. The Morgan fingerprint density at radius 1 is 0.963 bits per heavy atom. The normalized spacial score (nSPS) is 19.4. The van der Waals surface area contributed by atoms with Gasteiger partial charge in [0.25, 0.3) is 11.5 Å². The Bertz CT molecular complexity index is 2330. The van der Waals surface area contributed by atoms with Crippen LogP contribution in [-0.4, -0.2) is 45.3 Å². The molecule has 3 heterocycles. The van der Waals surface area contributed by atoms with Gasteiger partial charge in [-0.1, -0.05) is 90.4 Å². The Morgan fingerprint density at radius 3 is 2.13 bits per heavy atom. The van der Waals surface area contributed by atoms with Crippen molar-refractivity contribution in [1.82, 2.24) is 23.7 Å². The first-order chi connectivity index (χ1) is 25.3. The highest BCUT2D eigenvalue weighted by atomic mass is 35.5. The fourth-order valence-electron chi connectivity index (χ4n) is 7.64. The van der Waals surface area contributed by atoms with Gasteiger partial charge in [-0.15, -0.1) is 0 Å². The van der Waals surface area contributed by atoms with Gasteiger partial charge in [-0.05, 0) is 59.4 Å². The van der Waals surface area contributed by atoms with Crippen molar-refractivity contribution in [1.29, 1.82) is 0 Å². The molecule has 0 saturated heterocycles. The van der Waals surface area contributed by atoms with E-state index in [1.807, 2.05) is 4.72 Å². The topological polar surface area (TPSA) is 183 Å². The monoisotopic (exact) mass is 775 g/mol. The Hall–Kier alpha value is -5.08. The lowest BCUT2D eigenvalue weighted by Gasteiger charge is -2.50. The molecule has 6 rings (SSSR count). The van der Waals surface area contributed by atoms with Crippen molar-refractivity contribution in [2.75, 3.05) is 10.5 Å². The van der Waals surface area contributed by atoms with Gasteiger partial charge in [0.1, 0.15) is 40.8 Å². The number of nitrogens with one attached hydrogen (secondary N) is 3. The first-order valence-corrected chi connectivity index (χ1v) is 19.6. The van der Waals surface area contributed by atoms with Gasteiger partial charge in [0.15, 0.2) is 0 Å². The Labute approximate surface area is 319 Å². The van der Waals surface area contributed by atoms with Crippen LogP contribution < -0.4 is 20.7 Å². The van der Waals surface area contributed by atoms with Gasteiger partial charge in [0, 0.05) is 34.8 Å². The van der Waals surface area contributed by atoms with E-state index >= 15 is 0 Å². The number of H-pyrrole nitrogens is 1. The molecule has 1 amide bonds. The number of nitrogens with zero attached hydrogens (tertiary/aromatic N) is 3. The number of rotatable bonds is 8. The number of hydrogen-bond acceptors (Lipinski definition) is 8. The summed E-state index contributed by atoms with van der Waals surface area (Å²) in [6.45, 7) is 15.2. The molecule has 2 atom stereocenters. The molecule has 15 heteroatoms. The second-order valence-corrected chi connectivity index (χ2v) is 18.1. The second-order valence-electron chi connectivity index (χ2n) is 16.2. The maximum Gasteiger partial charge on any atom is 0.342 e. The van der Waals surface area contributed by atoms with Crippen LogP contribution in [-0.2, 0) is 14.9 Å². The van der Waals surface area contributed by atoms with Crippen LogP contribution in [0.15, 0.2) is 78.1 Å². The molecule has 0 radical (unpaired) electrons. The first-order valence-electron chi connectivity index (χ1n) is 17.7. The SMILES string of the molecule is CC1CC(C(C)(C)C)C(OC(=O)c2c(-c3ccc(Cl)cc3)c(-n3ccnc3)n3c(=O)c(C(=O)NS(=O)(=O)Nc4ccccc4)c(N)[nH]c23)C(C(C)(C)C)C1. The van der Waals surface area contributed by atoms with Gasteiger partial charge in [-0.2, -0.15) is 8.42 Å². The van der Waals surface area contributed by atoms with E-state index in [1.54, 1.807) is 48.7 Å². The van der Waals surface area contributed by atoms with Crippen LogP contribution in [0.1, 0.15) is 82.0 Å². The predicted octanol–water partition coefficient (Wildman–Crippen LogP) is 7.08. The molecule has 286 valence electrons. The van der Waals surface area contributed by atoms with Crippen LogP contribution in [0.2, 0.25) is 5.02 Å². The van der Waals surface area contributed by atoms with Crippen LogP contribution in [0.25, 0.3) is 22.6 Å². The van der Waals surface area contributed by atoms with E-state index in [0.29, 0.717) is 16.5 Å². The highest BCUT2D eigenvalue weighted by Gasteiger charge is 2.48. The summed E-state index contributed by atoms with van der Waals surface area (Å²) in [5.74, 6) is -1.88. The van der Waals surface area contributed by atoms with Gasteiger partial charge < -0.3 is 15.5 Å². The third kappa shape index (κ3) is 7.62. The van der Waals surface area contributed by atoms with Crippen molar-refractivity contribution in [2.24, 2.45) is 28.6 Å².